The first-order valence-electron chi connectivity index (χ1n) is 5.62. The van der Waals surface area contributed by atoms with Crippen LogP contribution in [0.25, 0.3) is 11.4 Å². The lowest BCUT2D eigenvalue weighted by molar-refractivity contribution is 0.174. The Morgan fingerprint density at radius 1 is 1.21 bits per heavy atom. The lowest BCUT2D eigenvalue weighted by Gasteiger charge is -2.07. The summed E-state index contributed by atoms with van der Waals surface area (Å²) in [5.74, 6) is 2.02. The number of hydrogen-bond acceptors (Lipinski definition) is 6. The minimum atomic E-state index is 0.208. The van der Waals surface area contributed by atoms with E-state index in [-0.39, 0.29) is 18.3 Å². The van der Waals surface area contributed by atoms with Gasteiger partial charge in [-0.1, -0.05) is 0 Å². The number of anilines is 1. The van der Waals surface area contributed by atoms with Gasteiger partial charge >= 0.3 is 0 Å². The molecule has 0 fully saturated rings. The maximum atomic E-state index is 8.92. The number of fused-ring (bicyclic) bond motifs is 1. The monoisotopic (exact) mass is 254 g/mol. The van der Waals surface area contributed by atoms with Crippen LogP contribution >= 0.6 is 0 Å². The normalized spacial score (nSPS) is 12.2. The molecule has 1 aromatic heterocycles. The van der Waals surface area contributed by atoms with Crippen molar-refractivity contribution in [1.82, 2.24) is 9.97 Å². The standard InChI is InChI=1S/C13H10N4O2/c1-7-2-10-11(19-6-18-10)4-9(7)13-16-8(5-14)3-12(15)17-13/h2-4H,6H2,1H3,(H2,15,16,17). The van der Waals surface area contributed by atoms with Crippen molar-refractivity contribution in [3.05, 3.63) is 29.5 Å². The van der Waals surface area contributed by atoms with Crippen LogP contribution in [-0.4, -0.2) is 16.8 Å². The summed E-state index contributed by atoms with van der Waals surface area (Å²) < 4.78 is 10.6. The number of ether oxygens (including phenoxy) is 2. The van der Waals surface area contributed by atoms with Gasteiger partial charge in [-0.3, -0.25) is 0 Å². The molecule has 0 bridgehead atoms. The highest BCUT2D eigenvalue weighted by Crippen LogP contribution is 2.37. The Morgan fingerprint density at radius 2 is 1.95 bits per heavy atom. The Kier molecular flexibility index (Phi) is 2.46. The van der Waals surface area contributed by atoms with Crippen LogP contribution < -0.4 is 15.2 Å². The average Bonchev–Trinajstić information content (AvgIpc) is 2.84. The molecule has 6 nitrogen and oxygen atoms in total. The topological polar surface area (TPSA) is 94.1 Å². The highest BCUT2D eigenvalue weighted by Gasteiger charge is 2.18. The van der Waals surface area contributed by atoms with Gasteiger partial charge in [-0.05, 0) is 24.6 Å². The molecule has 2 N–H and O–H groups in total. The van der Waals surface area contributed by atoms with E-state index in [4.69, 9.17) is 20.5 Å². The van der Waals surface area contributed by atoms with Gasteiger partial charge in [-0.25, -0.2) is 9.97 Å². The molecule has 1 aromatic carbocycles. The summed E-state index contributed by atoms with van der Waals surface area (Å²) in [4.78, 5) is 8.32. The first kappa shape index (κ1) is 11.3. The fraction of sp³-hybridized carbons (Fsp3) is 0.154. The molecule has 94 valence electrons. The van der Waals surface area contributed by atoms with Gasteiger partial charge in [0.25, 0.3) is 0 Å². The number of benzene rings is 1. The van der Waals surface area contributed by atoms with Crippen LogP contribution in [0.4, 0.5) is 5.82 Å². The number of nitrogens with two attached hydrogens (primary N) is 1. The predicted molar refractivity (Wildman–Crippen MR) is 67.5 cm³/mol. The zero-order chi connectivity index (χ0) is 13.4. The van der Waals surface area contributed by atoms with Crippen molar-refractivity contribution in [1.29, 1.82) is 5.26 Å². The molecule has 0 unspecified atom stereocenters. The third-order valence-corrected chi connectivity index (χ3v) is 2.82. The van der Waals surface area contributed by atoms with Gasteiger partial charge in [0.05, 0.1) is 0 Å². The lowest BCUT2D eigenvalue weighted by Crippen LogP contribution is -1.99. The van der Waals surface area contributed by atoms with E-state index in [1.54, 1.807) is 6.07 Å². The van der Waals surface area contributed by atoms with E-state index in [1.165, 1.54) is 6.07 Å². The second kappa shape index (κ2) is 4.14. The Bertz CT molecular complexity index is 707. The van der Waals surface area contributed by atoms with Crippen molar-refractivity contribution in [2.24, 2.45) is 0 Å². The van der Waals surface area contributed by atoms with Crippen LogP contribution in [0.1, 0.15) is 11.3 Å². The smallest absolute Gasteiger partial charge is 0.231 e. The molecule has 0 spiro atoms. The quantitative estimate of drug-likeness (QED) is 0.831. The summed E-state index contributed by atoms with van der Waals surface area (Å²) in [6, 6.07) is 7.06. The second-order valence-electron chi connectivity index (χ2n) is 4.13. The second-order valence-corrected chi connectivity index (χ2v) is 4.13. The van der Waals surface area contributed by atoms with Crippen LogP contribution in [0.15, 0.2) is 18.2 Å². The third kappa shape index (κ3) is 1.91. The van der Waals surface area contributed by atoms with Gasteiger partial charge in [-0.2, -0.15) is 5.26 Å². The molecule has 0 radical (unpaired) electrons. The van der Waals surface area contributed by atoms with Crippen molar-refractivity contribution in [3.63, 3.8) is 0 Å². The largest absolute Gasteiger partial charge is 0.454 e. The van der Waals surface area contributed by atoms with E-state index < -0.39 is 0 Å². The van der Waals surface area contributed by atoms with Crippen LogP contribution in [0.2, 0.25) is 0 Å². The van der Waals surface area contributed by atoms with Crippen LogP contribution in [0.5, 0.6) is 11.5 Å². The molecule has 0 aliphatic carbocycles. The minimum Gasteiger partial charge on any atom is -0.454 e. The molecule has 6 heteroatoms. The molecule has 0 saturated heterocycles. The number of aryl methyl sites for hydroxylation is 1. The minimum absolute atomic E-state index is 0.208. The summed E-state index contributed by atoms with van der Waals surface area (Å²) in [6.07, 6.45) is 0. The van der Waals surface area contributed by atoms with E-state index in [0.717, 1.165) is 11.1 Å². The van der Waals surface area contributed by atoms with E-state index in [9.17, 15) is 0 Å². The fourth-order valence-corrected chi connectivity index (χ4v) is 1.93. The van der Waals surface area contributed by atoms with Crippen molar-refractivity contribution < 1.29 is 9.47 Å². The van der Waals surface area contributed by atoms with Gasteiger partial charge in [0.15, 0.2) is 17.3 Å². The van der Waals surface area contributed by atoms with Crippen molar-refractivity contribution in [3.8, 4) is 29.0 Å². The third-order valence-electron chi connectivity index (χ3n) is 2.82. The molecule has 1 aliphatic rings. The first-order chi connectivity index (χ1) is 9.17. The number of aromatic nitrogens is 2. The molecule has 0 atom stereocenters. The van der Waals surface area contributed by atoms with Crippen LogP contribution in [0, 0.1) is 18.3 Å². The van der Waals surface area contributed by atoms with E-state index in [1.807, 2.05) is 19.1 Å². The van der Waals surface area contributed by atoms with E-state index in [2.05, 4.69) is 9.97 Å². The molecule has 1 aliphatic heterocycles. The van der Waals surface area contributed by atoms with Crippen LogP contribution in [0.3, 0.4) is 0 Å². The lowest BCUT2D eigenvalue weighted by atomic mass is 10.1. The summed E-state index contributed by atoms with van der Waals surface area (Å²) >= 11 is 0. The van der Waals surface area contributed by atoms with Gasteiger partial charge in [0.1, 0.15) is 17.6 Å². The summed E-state index contributed by atoms with van der Waals surface area (Å²) in [5, 5.41) is 8.92. The predicted octanol–water partition coefficient (Wildman–Crippen LogP) is 1.63. The summed E-state index contributed by atoms with van der Waals surface area (Å²) in [7, 11) is 0. The van der Waals surface area contributed by atoms with E-state index in [0.29, 0.717) is 17.3 Å². The number of nitriles is 1. The molecule has 0 amide bonds. The number of hydrogen-bond donors (Lipinski definition) is 1. The maximum Gasteiger partial charge on any atom is 0.231 e. The molecule has 3 rings (SSSR count). The highest BCUT2D eigenvalue weighted by atomic mass is 16.7. The van der Waals surface area contributed by atoms with Crippen molar-refractivity contribution >= 4 is 5.82 Å². The van der Waals surface area contributed by atoms with Crippen molar-refractivity contribution in [2.45, 2.75) is 6.92 Å². The first-order valence-corrected chi connectivity index (χ1v) is 5.62. The summed E-state index contributed by atoms with van der Waals surface area (Å²) in [5.41, 5.74) is 7.61. The zero-order valence-electron chi connectivity index (χ0n) is 10.2. The Hall–Kier alpha value is -2.81. The van der Waals surface area contributed by atoms with Crippen LogP contribution in [-0.2, 0) is 0 Å². The Labute approximate surface area is 109 Å². The van der Waals surface area contributed by atoms with Gasteiger partial charge < -0.3 is 15.2 Å². The van der Waals surface area contributed by atoms with Crippen molar-refractivity contribution in [2.75, 3.05) is 12.5 Å². The van der Waals surface area contributed by atoms with Gasteiger partial charge in [0, 0.05) is 11.6 Å². The molecule has 19 heavy (non-hydrogen) atoms. The molecular weight excluding hydrogens is 244 g/mol. The molecule has 2 heterocycles. The van der Waals surface area contributed by atoms with Gasteiger partial charge in [-0.15, -0.1) is 0 Å². The zero-order valence-corrected chi connectivity index (χ0v) is 10.2. The molecular formula is C13H10N4O2. The molecule has 2 aromatic rings. The average molecular weight is 254 g/mol. The number of rotatable bonds is 1. The van der Waals surface area contributed by atoms with Gasteiger partial charge in [0.2, 0.25) is 6.79 Å². The maximum absolute atomic E-state index is 8.92. The Balaban J connectivity index is 2.17. The summed E-state index contributed by atoms with van der Waals surface area (Å²) in [6.45, 7) is 2.12. The number of nitrogen functional groups attached to an aromatic ring is 1. The van der Waals surface area contributed by atoms with E-state index >= 15 is 0 Å². The fourth-order valence-electron chi connectivity index (χ4n) is 1.93. The Morgan fingerprint density at radius 3 is 2.68 bits per heavy atom. The number of nitrogens with zero attached hydrogens (tertiary/aromatic N) is 3. The SMILES string of the molecule is Cc1cc2c(cc1-c1nc(N)cc(C#N)n1)OCO2. The molecule has 0 saturated carbocycles. The highest BCUT2D eigenvalue weighted by molar-refractivity contribution is 5.67.